The van der Waals surface area contributed by atoms with E-state index in [2.05, 4.69) is 26.0 Å². The highest BCUT2D eigenvalue weighted by Gasteiger charge is 2.36. The van der Waals surface area contributed by atoms with Gasteiger partial charge in [-0.25, -0.2) is 4.98 Å². The third kappa shape index (κ3) is 5.21. The maximum Gasteiger partial charge on any atom is 0.287 e. The predicted octanol–water partition coefficient (Wildman–Crippen LogP) is 3.20. The van der Waals surface area contributed by atoms with E-state index < -0.39 is 23.6 Å². The monoisotopic (exact) mass is 643 g/mol. The van der Waals surface area contributed by atoms with Crippen molar-refractivity contribution in [2.24, 2.45) is 21.1 Å². The molecule has 236 valence electrons. The third-order valence-electron chi connectivity index (χ3n) is 7.95. The van der Waals surface area contributed by atoms with Crippen molar-refractivity contribution < 1.29 is 24.3 Å². The second-order valence-corrected chi connectivity index (χ2v) is 11.3. The van der Waals surface area contributed by atoms with Crippen LogP contribution in [0, 0.1) is 0 Å². The first-order valence-electron chi connectivity index (χ1n) is 14.2. The van der Waals surface area contributed by atoms with Gasteiger partial charge in [-0.15, -0.1) is 11.6 Å². The van der Waals surface area contributed by atoms with E-state index in [1.165, 1.54) is 44.1 Å². The first kappa shape index (κ1) is 30.4. The SMILES string of the molecule is CNC(=O)c1nc(NC(=O)c2cc(NC(=O)c3cc(C(=O)N4CC(CCl)c5c4cc(O)c4ccccc54)nn3C)cn2C)cn1C. The van der Waals surface area contributed by atoms with E-state index in [4.69, 9.17) is 11.6 Å². The van der Waals surface area contributed by atoms with Crippen LogP contribution in [0.2, 0.25) is 0 Å². The number of fused-ring (bicyclic) bond motifs is 3. The number of carbonyl (C=O) groups is 4. The van der Waals surface area contributed by atoms with E-state index in [1.54, 1.807) is 33.4 Å². The number of carbonyl (C=O) groups excluding carboxylic acids is 4. The molecule has 1 aliphatic rings. The molecule has 0 aliphatic carbocycles. The number of phenolic OH excluding ortho intramolecular Hbond substituents is 1. The van der Waals surface area contributed by atoms with Crippen LogP contribution in [0.1, 0.15) is 53.6 Å². The molecular weight excluding hydrogens is 614 g/mol. The van der Waals surface area contributed by atoms with Gasteiger partial charge in [-0.05, 0) is 17.0 Å². The Morgan fingerprint density at radius 1 is 0.935 bits per heavy atom. The van der Waals surface area contributed by atoms with Gasteiger partial charge in [0.2, 0.25) is 5.82 Å². The number of aromatic hydroxyl groups is 1. The average molecular weight is 644 g/mol. The minimum absolute atomic E-state index is 0.0427. The Morgan fingerprint density at radius 2 is 1.65 bits per heavy atom. The van der Waals surface area contributed by atoms with Crippen molar-refractivity contribution in [2.75, 3.05) is 35.0 Å². The van der Waals surface area contributed by atoms with Crippen molar-refractivity contribution in [2.45, 2.75) is 5.92 Å². The van der Waals surface area contributed by atoms with Crippen LogP contribution in [-0.4, -0.2) is 72.1 Å². The average Bonchev–Trinajstić information content (AvgIpc) is 3.80. The highest BCUT2D eigenvalue weighted by molar-refractivity contribution is 6.19. The summed E-state index contributed by atoms with van der Waals surface area (Å²) in [6.07, 6.45) is 3.07. The first-order chi connectivity index (χ1) is 22.0. The fourth-order valence-corrected chi connectivity index (χ4v) is 6.00. The van der Waals surface area contributed by atoms with Crippen LogP contribution in [0.4, 0.5) is 17.2 Å². The molecular formula is C31H30ClN9O5. The van der Waals surface area contributed by atoms with Gasteiger partial charge in [0.05, 0.1) is 11.4 Å². The lowest BCUT2D eigenvalue weighted by atomic mass is 9.95. The summed E-state index contributed by atoms with van der Waals surface area (Å²) in [5.41, 5.74) is 2.14. The zero-order valence-corrected chi connectivity index (χ0v) is 26.1. The van der Waals surface area contributed by atoms with Gasteiger partial charge in [-0.2, -0.15) is 5.10 Å². The number of aryl methyl sites for hydroxylation is 3. The van der Waals surface area contributed by atoms with Crippen molar-refractivity contribution in [3.05, 3.63) is 83.3 Å². The third-order valence-corrected chi connectivity index (χ3v) is 8.32. The minimum atomic E-state index is -0.546. The number of aromatic nitrogens is 5. The molecule has 0 radical (unpaired) electrons. The number of anilines is 3. The molecule has 5 aromatic rings. The molecule has 2 aromatic carbocycles. The second kappa shape index (κ2) is 11.7. The molecule has 15 heteroatoms. The molecule has 46 heavy (non-hydrogen) atoms. The molecule has 0 fully saturated rings. The zero-order chi connectivity index (χ0) is 32.9. The van der Waals surface area contributed by atoms with Gasteiger partial charge < -0.3 is 35.1 Å². The lowest BCUT2D eigenvalue weighted by Gasteiger charge is -2.17. The molecule has 6 rings (SSSR count). The highest BCUT2D eigenvalue weighted by atomic mass is 35.5. The molecule has 4 N–H and O–H groups in total. The van der Waals surface area contributed by atoms with Crippen LogP contribution < -0.4 is 20.9 Å². The van der Waals surface area contributed by atoms with E-state index in [0.29, 0.717) is 23.3 Å². The van der Waals surface area contributed by atoms with Crippen LogP contribution in [0.3, 0.4) is 0 Å². The number of hydrogen-bond acceptors (Lipinski definition) is 7. The number of alkyl halides is 1. The smallest absolute Gasteiger partial charge is 0.287 e. The van der Waals surface area contributed by atoms with Gasteiger partial charge in [0.25, 0.3) is 23.6 Å². The normalized spacial score (nSPS) is 13.9. The topological polar surface area (TPSA) is 168 Å². The van der Waals surface area contributed by atoms with Crippen molar-refractivity contribution in [1.29, 1.82) is 0 Å². The number of phenols is 1. The van der Waals surface area contributed by atoms with Gasteiger partial charge in [0.15, 0.2) is 11.5 Å². The Morgan fingerprint density at radius 3 is 2.37 bits per heavy atom. The maximum absolute atomic E-state index is 13.7. The van der Waals surface area contributed by atoms with Crippen molar-refractivity contribution >= 4 is 63.2 Å². The Kier molecular flexibility index (Phi) is 7.74. The summed E-state index contributed by atoms with van der Waals surface area (Å²) in [6, 6.07) is 11.9. The Balaban J connectivity index is 1.19. The lowest BCUT2D eigenvalue weighted by Crippen LogP contribution is -2.30. The molecule has 1 atom stereocenters. The molecule has 3 aromatic heterocycles. The summed E-state index contributed by atoms with van der Waals surface area (Å²) in [4.78, 5) is 57.6. The van der Waals surface area contributed by atoms with E-state index >= 15 is 0 Å². The number of benzene rings is 2. The van der Waals surface area contributed by atoms with Crippen molar-refractivity contribution in [3.8, 4) is 5.75 Å². The van der Waals surface area contributed by atoms with Crippen LogP contribution in [0.15, 0.2) is 54.9 Å². The van der Waals surface area contributed by atoms with Crippen molar-refractivity contribution in [3.63, 3.8) is 0 Å². The summed E-state index contributed by atoms with van der Waals surface area (Å²) >= 11 is 6.32. The van der Waals surface area contributed by atoms with Crippen molar-refractivity contribution in [1.82, 2.24) is 29.2 Å². The molecule has 0 saturated carbocycles. The van der Waals surface area contributed by atoms with E-state index in [1.807, 2.05) is 24.3 Å². The maximum atomic E-state index is 13.7. The number of rotatable bonds is 7. The summed E-state index contributed by atoms with van der Waals surface area (Å²) in [5, 5.41) is 24.4. The molecule has 4 amide bonds. The molecule has 0 saturated heterocycles. The fraction of sp³-hybridized carbons (Fsp3) is 0.226. The van der Waals surface area contributed by atoms with E-state index in [9.17, 15) is 24.3 Å². The highest BCUT2D eigenvalue weighted by Crippen LogP contribution is 2.45. The Labute approximate surface area is 267 Å². The Bertz CT molecular complexity index is 2060. The fourth-order valence-electron chi connectivity index (χ4n) is 5.75. The van der Waals surface area contributed by atoms with E-state index in [0.717, 1.165) is 10.9 Å². The quantitative estimate of drug-likeness (QED) is 0.198. The lowest BCUT2D eigenvalue weighted by molar-refractivity contribution is 0.0946. The number of amides is 4. The van der Waals surface area contributed by atoms with Crippen LogP contribution in [0.5, 0.6) is 5.75 Å². The molecule has 4 heterocycles. The van der Waals surface area contributed by atoms with E-state index in [-0.39, 0.29) is 46.3 Å². The largest absolute Gasteiger partial charge is 0.507 e. The van der Waals surface area contributed by atoms with Gasteiger partial charge in [-0.3, -0.25) is 23.9 Å². The number of hydrogen-bond donors (Lipinski definition) is 4. The summed E-state index contributed by atoms with van der Waals surface area (Å²) < 4.78 is 4.32. The van der Waals surface area contributed by atoms with Crippen LogP contribution in [0.25, 0.3) is 10.8 Å². The molecule has 0 bridgehead atoms. The molecule has 1 aliphatic heterocycles. The molecule has 0 spiro atoms. The zero-order valence-electron chi connectivity index (χ0n) is 25.3. The number of nitrogens with zero attached hydrogens (tertiary/aromatic N) is 6. The summed E-state index contributed by atoms with van der Waals surface area (Å²) in [6.45, 7) is 0.295. The first-order valence-corrected chi connectivity index (χ1v) is 14.7. The second-order valence-electron chi connectivity index (χ2n) is 11.0. The summed E-state index contributed by atoms with van der Waals surface area (Å²) in [5.74, 6) is -1.40. The molecule has 14 nitrogen and oxygen atoms in total. The number of halogens is 1. The van der Waals surface area contributed by atoms with Crippen LogP contribution >= 0.6 is 11.6 Å². The van der Waals surface area contributed by atoms with Gasteiger partial charge in [-0.1, -0.05) is 24.3 Å². The Hall–Kier alpha value is -5.63. The van der Waals surface area contributed by atoms with Crippen LogP contribution in [-0.2, 0) is 21.1 Å². The predicted molar refractivity (Wildman–Crippen MR) is 172 cm³/mol. The number of imidazole rings is 1. The summed E-state index contributed by atoms with van der Waals surface area (Å²) in [7, 11) is 6.31. The van der Waals surface area contributed by atoms with Gasteiger partial charge >= 0.3 is 0 Å². The van der Waals surface area contributed by atoms with Gasteiger partial charge in [0, 0.05) is 76.4 Å². The minimum Gasteiger partial charge on any atom is -0.507 e. The molecule has 1 unspecified atom stereocenters. The van der Waals surface area contributed by atoms with Gasteiger partial charge in [0.1, 0.15) is 17.1 Å². The standard InChI is InChI=1S/C31H30ClN9O5/c1-33-30(45)27-35-25(15-39(27)3)36-28(43)22-9-17(14-38(22)2)34-29(44)23-10-20(37-40(23)4)31(46)41-13-16(12-32)26-19-8-6-5-7-18(19)24(42)11-21(26)41/h5-11,14-16,42H,12-13H2,1-4H3,(H,33,45)(H,34,44)(H,36,43). The number of nitrogens with one attached hydrogen (secondary N) is 3.